The van der Waals surface area contributed by atoms with Gasteiger partial charge in [-0.25, -0.2) is 4.79 Å². The molecule has 25 heavy (non-hydrogen) atoms. The van der Waals surface area contributed by atoms with E-state index in [-0.39, 0.29) is 12.3 Å². The second kappa shape index (κ2) is 7.06. The minimum Gasteiger partial charge on any atom is -0.339 e. The predicted molar refractivity (Wildman–Crippen MR) is 94.4 cm³/mol. The fourth-order valence-corrected chi connectivity index (χ4v) is 3.04. The maximum absolute atomic E-state index is 12.4. The van der Waals surface area contributed by atoms with Crippen molar-refractivity contribution in [3.05, 3.63) is 68.0 Å². The molecule has 3 rings (SSSR count). The monoisotopic (exact) mass is 342 g/mol. The molecule has 132 valence electrons. The second-order valence-electron chi connectivity index (χ2n) is 6.54. The van der Waals surface area contributed by atoms with Crippen LogP contribution in [0.5, 0.6) is 0 Å². The third-order valence-corrected chi connectivity index (χ3v) is 4.70. The Morgan fingerprint density at radius 2 is 1.88 bits per heavy atom. The summed E-state index contributed by atoms with van der Waals surface area (Å²) in [7, 11) is 2.05. The zero-order chi connectivity index (χ0) is 18.0. The summed E-state index contributed by atoms with van der Waals surface area (Å²) in [5.41, 5.74) is 0.967. The number of amides is 1. The molecule has 7 nitrogen and oxygen atoms in total. The smallest absolute Gasteiger partial charge is 0.325 e. The van der Waals surface area contributed by atoms with Crippen LogP contribution in [0.3, 0.4) is 0 Å². The van der Waals surface area contributed by atoms with Crippen LogP contribution >= 0.6 is 0 Å². The molecule has 2 aromatic rings. The zero-order valence-corrected chi connectivity index (χ0v) is 14.4. The molecule has 0 radical (unpaired) electrons. The number of likely N-dealkylation sites (N-methyl/N-ethyl adjacent to an activating group) is 1. The number of H-pyrrole nitrogens is 2. The van der Waals surface area contributed by atoms with E-state index >= 15 is 0 Å². The Labute approximate surface area is 145 Å². The van der Waals surface area contributed by atoms with Crippen LogP contribution in [0.1, 0.15) is 16.8 Å². The van der Waals surface area contributed by atoms with Crippen molar-refractivity contribution in [1.82, 2.24) is 19.8 Å². The summed E-state index contributed by atoms with van der Waals surface area (Å²) in [5.74, 6) is -0.0926. The van der Waals surface area contributed by atoms with Gasteiger partial charge in [-0.05, 0) is 19.5 Å². The molecule has 1 aromatic carbocycles. The number of nitrogens with one attached hydrogen (secondary N) is 2. The summed E-state index contributed by atoms with van der Waals surface area (Å²) in [6.07, 6.45) is 0.00701. The van der Waals surface area contributed by atoms with Crippen LogP contribution in [-0.2, 0) is 17.8 Å². The van der Waals surface area contributed by atoms with Gasteiger partial charge in [0.15, 0.2) is 0 Å². The minimum absolute atomic E-state index is 0.00701. The Bertz CT molecular complexity index is 866. The van der Waals surface area contributed by atoms with Crippen LogP contribution < -0.4 is 11.2 Å². The molecule has 0 bridgehead atoms. The van der Waals surface area contributed by atoms with E-state index in [2.05, 4.69) is 34.0 Å². The number of likely N-dealkylation sites (tertiary alicyclic amines) is 1. The number of aromatic nitrogens is 2. The molecule has 1 fully saturated rings. The van der Waals surface area contributed by atoms with Gasteiger partial charge in [0, 0.05) is 36.9 Å². The lowest BCUT2D eigenvalue weighted by Crippen LogP contribution is -2.60. The highest BCUT2D eigenvalue weighted by molar-refractivity contribution is 5.79. The van der Waals surface area contributed by atoms with E-state index in [4.69, 9.17) is 0 Å². The Kier molecular flexibility index (Phi) is 4.85. The van der Waals surface area contributed by atoms with E-state index in [1.54, 1.807) is 11.8 Å². The Balaban J connectivity index is 1.55. The van der Waals surface area contributed by atoms with Crippen molar-refractivity contribution in [3.8, 4) is 0 Å². The molecule has 2 N–H and O–H groups in total. The molecule has 0 atom stereocenters. The lowest BCUT2D eigenvalue weighted by atomic mass is 10.0. The summed E-state index contributed by atoms with van der Waals surface area (Å²) >= 11 is 0. The molecular weight excluding hydrogens is 320 g/mol. The molecule has 1 aromatic heterocycles. The van der Waals surface area contributed by atoms with Crippen molar-refractivity contribution in [3.63, 3.8) is 0 Å². The quantitative estimate of drug-likeness (QED) is 0.816. The third kappa shape index (κ3) is 3.88. The van der Waals surface area contributed by atoms with Crippen molar-refractivity contribution in [2.24, 2.45) is 0 Å². The first kappa shape index (κ1) is 17.2. The van der Waals surface area contributed by atoms with E-state index in [1.165, 1.54) is 5.56 Å². The van der Waals surface area contributed by atoms with Crippen LogP contribution in [0, 0.1) is 6.92 Å². The Morgan fingerprint density at radius 1 is 1.20 bits per heavy atom. The standard InChI is InChI=1S/C18H22N4O3/c1-12-15(17(24)20-18(25)19-12)8-16(23)22-10-14(11-22)21(2)9-13-6-4-3-5-7-13/h3-7,14H,8-11H2,1-2H3,(H2,19,20,24,25). The van der Waals surface area contributed by atoms with Crippen molar-refractivity contribution in [2.45, 2.75) is 25.9 Å². The number of rotatable bonds is 5. The molecule has 1 aliphatic heterocycles. The number of hydrogen-bond acceptors (Lipinski definition) is 4. The largest absolute Gasteiger partial charge is 0.339 e. The lowest BCUT2D eigenvalue weighted by molar-refractivity contribution is -0.137. The van der Waals surface area contributed by atoms with E-state index in [0.29, 0.717) is 30.4 Å². The van der Waals surface area contributed by atoms with Crippen molar-refractivity contribution < 1.29 is 4.79 Å². The molecule has 1 aliphatic rings. The maximum Gasteiger partial charge on any atom is 0.325 e. The van der Waals surface area contributed by atoms with Gasteiger partial charge in [0.2, 0.25) is 5.91 Å². The van der Waals surface area contributed by atoms with Gasteiger partial charge in [-0.3, -0.25) is 19.5 Å². The normalized spacial score (nSPS) is 14.6. The van der Waals surface area contributed by atoms with E-state index in [1.807, 2.05) is 18.2 Å². The topological polar surface area (TPSA) is 89.3 Å². The molecule has 2 heterocycles. The van der Waals surface area contributed by atoms with Gasteiger partial charge in [-0.2, -0.15) is 0 Å². The van der Waals surface area contributed by atoms with Gasteiger partial charge in [-0.15, -0.1) is 0 Å². The van der Waals surface area contributed by atoms with Crippen LogP contribution in [0.2, 0.25) is 0 Å². The van der Waals surface area contributed by atoms with E-state index < -0.39 is 11.2 Å². The van der Waals surface area contributed by atoms with Crippen LogP contribution in [0.25, 0.3) is 0 Å². The zero-order valence-electron chi connectivity index (χ0n) is 14.4. The van der Waals surface area contributed by atoms with Gasteiger partial charge in [0.25, 0.3) is 5.56 Å². The van der Waals surface area contributed by atoms with Crippen molar-refractivity contribution in [2.75, 3.05) is 20.1 Å². The average molecular weight is 342 g/mol. The van der Waals surface area contributed by atoms with Crippen molar-refractivity contribution in [1.29, 1.82) is 0 Å². The van der Waals surface area contributed by atoms with Crippen LogP contribution in [0.4, 0.5) is 0 Å². The van der Waals surface area contributed by atoms with E-state index in [0.717, 1.165) is 6.54 Å². The first-order valence-corrected chi connectivity index (χ1v) is 8.28. The number of benzene rings is 1. The maximum atomic E-state index is 12.4. The molecule has 1 amide bonds. The van der Waals surface area contributed by atoms with Gasteiger partial charge >= 0.3 is 5.69 Å². The molecular formula is C18H22N4O3. The highest BCUT2D eigenvalue weighted by atomic mass is 16.2. The molecule has 0 saturated carbocycles. The minimum atomic E-state index is -0.551. The van der Waals surface area contributed by atoms with Gasteiger partial charge in [0.05, 0.1) is 6.42 Å². The fourth-order valence-electron chi connectivity index (χ4n) is 3.04. The second-order valence-corrected chi connectivity index (χ2v) is 6.54. The fraction of sp³-hybridized carbons (Fsp3) is 0.389. The number of aromatic amines is 2. The number of hydrogen-bond donors (Lipinski definition) is 2. The van der Waals surface area contributed by atoms with Gasteiger partial charge < -0.3 is 9.88 Å². The summed E-state index contributed by atoms with van der Waals surface area (Å²) in [5, 5.41) is 0. The summed E-state index contributed by atoms with van der Waals surface area (Å²) < 4.78 is 0. The lowest BCUT2D eigenvalue weighted by Gasteiger charge is -2.44. The Morgan fingerprint density at radius 3 is 2.52 bits per heavy atom. The summed E-state index contributed by atoms with van der Waals surface area (Å²) in [6, 6.07) is 10.5. The molecule has 0 unspecified atom stereocenters. The highest BCUT2D eigenvalue weighted by Gasteiger charge is 2.33. The molecule has 7 heteroatoms. The number of nitrogens with zero attached hydrogens (tertiary/aromatic N) is 2. The first-order valence-electron chi connectivity index (χ1n) is 8.28. The summed E-state index contributed by atoms with van der Waals surface area (Å²) in [6.45, 7) is 3.78. The van der Waals surface area contributed by atoms with Gasteiger partial charge in [0.1, 0.15) is 0 Å². The molecule has 1 saturated heterocycles. The van der Waals surface area contributed by atoms with Crippen molar-refractivity contribution >= 4 is 5.91 Å². The number of carbonyl (C=O) groups excluding carboxylic acids is 1. The highest BCUT2D eigenvalue weighted by Crippen LogP contribution is 2.17. The summed E-state index contributed by atoms with van der Waals surface area (Å²) in [4.78, 5) is 44.1. The SMILES string of the molecule is Cc1[nH]c(=O)[nH]c(=O)c1CC(=O)N1CC(N(C)Cc2ccccc2)C1. The van der Waals surface area contributed by atoms with Gasteiger partial charge in [-0.1, -0.05) is 30.3 Å². The predicted octanol–water partition coefficient (Wildman–Crippen LogP) is 0.257. The number of aryl methyl sites for hydroxylation is 1. The first-order chi connectivity index (χ1) is 11.9. The molecule has 0 aliphatic carbocycles. The van der Waals surface area contributed by atoms with Crippen LogP contribution in [-0.4, -0.2) is 51.9 Å². The number of carbonyl (C=O) groups is 1. The Hall–Kier alpha value is -2.67. The van der Waals surface area contributed by atoms with E-state index in [9.17, 15) is 14.4 Å². The molecule has 0 spiro atoms. The third-order valence-electron chi connectivity index (χ3n) is 4.70. The average Bonchev–Trinajstić information content (AvgIpc) is 2.50. The van der Waals surface area contributed by atoms with Crippen LogP contribution in [0.15, 0.2) is 39.9 Å².